The van der Waals surface area contributed by atoms with E-state index >= 15 is 0 Å². The second-order valence-electron chi connectivity index (χ2n) is 6.59. The molecule has 21 heavy (non-hydrogen) atoms. The van der Waals surface area contributed by atoms with Gasteiger partial charge in [-0.25, -0.2) is 0 Å². The van der Waals surface area contributed by atoms with Gasteiger partial charge < -0.3 is 5.11 Å². The Kier molecular flexibility index (Phi) is 6.22. The average molecular weight is 290 g/mol. The van der Waals surface area contributed by atoms with Gasteiger partial charge in [-0.15, -0.1) is 0 Å². The van der Waals surface area contributed by atoms with Crippen LogP contribution in [0.2, 0.25) is 0 Å². The maximum absolute atomic E-state index is 9.50. The predicted molar refractivity (Wildman–Crippen MR) is 88.6 cm³/mol. The van der Waals surface area contributed by atoms with Gasteiger partial charge in [-0.3, -0.25) is 9.80 Å². The highest BCUT2D eigenvalue weighted by atomic mass is 16.3. The van der Waals surface area contributed by atoms with Crippen molar-refractivity contribution in [1.29, 1.82) is 0 Å². The molecule has 1 aliphatic heterocycles. The Morgan fingerprint density at radius 2 is 1.90 bits per heavy atom. The Morgan fingerprint density at radius 1 is 1.19 bits per heavy atom. The molecular weight excluding hydrogens is 260 g/mol. The Labute approximate surface area is 129 Å². The van der Waals surface area contributed by atoms with E-state index < -0.39 is 0 Å². The number of hydrogen-bond donors (Lipinski definition) is 1. The zero-order valence-corrected chi connectivity index (χ0v) is 13.7. The number of β-amino-alcohol motifs (C(OH)–C–C–N with tert-alkyl or cyclic N) is 1. The molecule has 0 aromatic heterocycles. The number of nitrogens with zero attached hydrogens (tertiary/aromatic N) is 2. The summed E-state index contributed by atoms with van der Waals surface area (Å²) < 4.78 is 0. The first kappa shape index (κ1) is 16.5. The summed E-state index contributed by atoms with van der Waals surface area (Å²) in [7, 11) is 0. The first-order valence-corrected chi connectivity index (χ1v) is 8.25. The lowest BCUT2D eigenvalue weighted by Crippen LogP contribution is -2.53. The fraction of sp³-hybridized carbons (Fsp3) is 0.667. The van der Waals surface area contributed by atoms with Crippen LogP contribution < -0.4 is 0 Å². The van der Waals surface area contributed by atoms with Crippen molar-refractivity contribution in [2.24, 2.45) is 0 Å². The highest BCUT2D eigenvalue weighted by molar-refractivity contribution is 5.18. The van der Waals surface area contributed by atoms with E-state index in [0.717, 1.165) is 26.2 Å². The van der Waals surface area contributed by atoms with E-state index in [-0.39, 0.29) is 6.10 Å². The predicted octanol–water partition coefficient (Wildman–Crippen LogP) is 2.57. The highest BCUT2D eigenvalue weighted by Crippen LogP contribution is 2.20. The van der Waals surface area contributed by atoms with Crippen molar-refractivity contribution >= 4 is 0 Å². The third-order valence-corrected chi connectivity index (χ3v) is 4.59. The third-order valence-electron chi connectivity index (χ3n) is 4.59. The van der Waals surface area contributed by atoms with Gasteiger partial charge in [0.05, 0.1) is 6.10 Å². The molecule has 3 atom stereocenters. The van der Waals surface area contributed by atoms with E-state index in [0.29, 0.717) is 12.0 Å². The van der Waals surface area contributed by atoms with Gasteiger partial charge in [-0.1, -0.05) is 37.3 Å². The molecule has 0 spiro atoms. The van der Waals surface area contributed by atoms with Crippen LogP contribution in [-0.4, -0.2) is 59.8 Å². The van der Waals surface area contributed by atoms with Crippen LogP contribution in [0.1, 0.15) is 38.7 Å². The highest BCUT2D eigenvalue weighted by Gasteiger charge is 2.24. The van der Waals surface area contributed by atoms with Gasteiger partial charge in [-0.05, 0) is 38.3 Å². The number of aliphatic hydroxyl groups excluding tert-OH is 1. The van der Waals surface area contributed by atoms with Gasteiger partial charge in [-0.2, -0.15) is 0 Å². The lowest BCUT2D eigenvalue weighted by atomic mass is 9.97. The molecule has 0 aliphatic carbocycles. The lowest BCUT2D eigenvalue weighted by molar-refractivity contribution is 0.0499. The van der Waals surface area contributed by atoms with Crippen LogP contribution >= 0.6 is 0 Å². The van der Waals surface area contributed by atoms with E-state index in [4.69, 9.17) is 0 Å². The number of piperazine rings is 1. The van der Waals surface area contributed by atoms with Crippen LogP contribution in [0.15, 0.2) is 30.3 Å². The number of aliphatic hydroxyl groups is 1. The Hall–Kier alpha value is -0.900. The van der Waals surface area contributed by atoms with Gasteiger partial charge in [0.25, 0.3) is 0 Å². The van der Waals surface area contributed by atoms with Crippen molar-refractivity contribution in [1.82, 2.24) is 9.80 Å². The molecule has 0 radical (unpaired) electrons. The zero-order valence-electron chi connectivity index (χ0n) is 13.7. The molecule has 3 heteroatoms. The maximum Gasteiger partial charge on any atom is 0.0639 e. The molecule has 0 bridgehead atoms. The fourth-order valence-corrected chi connectivity index (χ4v) is 3.25. The molecule has 1 saturated heterocycles. The Bertz CT molecular complexity index is 407. The zero-order chi connectivity index (χ0) is 15.2. The van der Waals surface area contributed by atoms with E-state index in [9.17, 15) is 5.11 Å². The molecule has 3 nitrogen and oxygen atoms in total. The summed E-state index contributed by atoms with van der Waals surface area (Å²) in [6.07, 6.45) is 0.993. The summed E-state index contributed by atoms with van der Waals surface area (Å²) in [5, 5.41) is 9.50. The van der Waals surface area contributed by atoms with Crippen LogP contribution in [0.4, 0.5) is 0 Å². The van der Waals surface area contributed by atoms with E-state index in [1.54, 1.807) is 0 Å². The normalized spacial score (nSPS) is 23.9. The molecule has 2 rings (SSSR count). The first-order chi connectivity index (χ1) is 10.1. The second kappa shape index (κ2) is 7.92. The SMILES string of the molecule is C[C@H](O)CN1CCN(CC[C@@H](C)c2ccccc2)[C@@H](C)C1. The van der Waals surface area contributed by atoms with Crippen molar-refractivity contribution in [2.75, 3.05) is 32.7 Å². The quantitative estimate of drug-likeness (QED) is 0.872. The maximum atomic E-state index is 9.50. The largest absolute Gasteiger partial charge is 0.392 e. The number of hydrogen-bond acceptors (Lipinski definition) is 3. The average Bonchev–Trinajstić information content (AvgIpc) is 2.46. The minimum Gasteiger partial charge on any atom is -0.392 e. The summed E-state index contributed by atoms with van der Waals surface area (Å²) >= 11 is 0. The molecule has 118 valence electrons. The van der Waals surface area contributed by atoms with Gasteiger partial charge in [0.1, 0.15) is 0 Å². The van der Waals surface area contributed by atoms with E-state index in [1.165, 1.54) is 18.5 Å². The third kappa shape index (κ3) is 5.10. The summed E-state index contributed by atoms with van der Waals surface area (Å²) in [6.45, 7) is 11.7. The minimum atomic E-state index is -0.221. The van der Waals surface area contributed by atoms with Crippen molar-refractivity contribution in [3.05, 3.63) is 35.9 Å². The molecule has 1 fully saturated rings. The molecule has 1 aromatic carbocycles. The number of benzene rings is 1. The second-order valence-corrected chi connectivity index (χ2v) is 6.59. The number of rotatable bonds is 6. The van der Waals surface area contributed by atoms with Gasteiger partial charge in [0, 0.05) is 32.2 Å². The van der Waals surface area contributed by atoms with Gasteiger partial charge >= 0.3 is 0 Å². The Balaban J connectivity index is 1.77. The van der Waals surface area contributed by atoms with Crippen molar-refractivity contribution in [3.8, 4) is 0 Å². The van der Waals surface area contributed by atoms with Crippen molar-refractivity contribution in [3.63, 3.8) is 0 Å². The van der Waals surface area contributed by atoms with Crippen molar-refractivity contribution < 1.29 is 5.11 Å². The van der Waals surface area contributed by atoms with Crippen LogP contribution in [0.5, 0.6) is 0 Å². The van der Waals surface area contributed by atoms with Crippen LogP contribution in [0.25, 0.3) is 0 Å². The van der Waals surface area contributed by atoms with E-state index in [2.05, 4.69) is 54.0 Å². The van der Waals surface area contributed by atoms with Gasteiger partial charge in [0.15, 0.2) is 0 Å². The molecule has 1 N–H and O–H groups in total. The molecule has 0 unspecified atom stereocenters. The standard InChI is InChI=1S/C18H30N2O/c1-15(18-7-5-4-6-8-18)9-10-20-12-11-19(13-16(20)2)14-17(3)21/h4-8,15-17,21H,9-14H2,1-3H3/t15-,16+,17+/m1/s1. The molecule has 0 amide bonds. The minimum absolute atomic E-state index is 0.221. The van der Waals surface area contributed by atoms with E-state index in [1.807, 2.05) is 6.92 Å². The van der Waals surface area contributed by atoms with Crippen LogP contribution in [-0.2, 0) is 0 Å². The van der Waals surface area contributed by atoms with Crippen LogP contribution in [0, 0.1) is 0 Å². The monoisotopic (exact) mass is 290 g/mol. The summed E-state index contributed by atoms with van der Waals surface area (Å²) in [6, 6.07) is 11.4. The summed E-state index contributed by atoms with van der Waals surface area (Å²) in [4.78, 5) is 4.98. The summed E-state index contributed by atoms with van der Waals surface area (Å²) in [5.41, 5.74) is 1.44. The molecule has 1 aromatic rings. The molecular formula is C18H30N2O. The molecule has 0 saturated carbocycles. The Morgan fingerprint density at radius 3 is 2.52 bits per heavy atom. The topological polar surface area (TPSA) is 26.7 Å². The van der Waals surface area contributed by atoms with Gasteiger partial charge in [0.2, 0.25) is 0 Å². The fourth-order valence-electron chi connectivity index (χ4n) is 3.25. The van der Waals surface area contributed by atoms with Crippen LogP contribution in [0.3, 0.4) is 0 Å². The molecule has 1 aliphatic rings. The first-order valence-electron chi connectivity index (χ1n) is 8.25. The smallest absolute Gasteiger partial charge is 0.0639 e. The van der Waals surface area contributed by atoms with Crippen molar-refractivity contribution in [2.45, 2.75) is 45.3 Å². The molecule has 1 heterocycles. The summed E-state index contributed by atoms with van der Waals surface area (Å²) in [5.74, 6) is 0.619. The lowest BCUT2D eigenvalue weighted by Gasteiger charge is -2.40.